The fourth-order valence-corrected chi connectivity index (χ4v) is 4.96. The number of rotatable bonds is 9. The highest BCUT2D eigenvalue weighted by molar-refractivity contribution is 5.91. The topological polar surface area (TPSA) is 172 Å². The molecule has 0 radical (unpaired) electrons. The van der Waals surface area contributed by atoms with Gasteiger partial charge in [-0.05, 0) is 61.8 Å². The molecular formula is C32H27N5O8. The Morgan fingerprint density at radius 3 is 1.82 bits per heavy atom. The fourth-order valence-electron chi connectivity index (χ4n) is 4.96. The number of aryl methyl sites for hydroxylation is 1. The second-order valence-electron chi connectivity index (χ2n) is 10.2. The summed E-state index contributed by atoms with van der Waals surface area (Å²) in [7, 11) is 0. The minimum atomic E-state index is -2.33. The summed E-state index contributed by atoms with van der Waals surface area (Å²) in [4.78, 5) is 60.1. The molecular weight excluding hydrogens is 582 g/mol. The van der Waals surface area contributed by atoms with E-state index in [0.29, 0.717) is 5.69 Å². The zero-order chi connectivity index (χ0) is 32.0. The van der Waals surface area contributed by atoms with E-state index in [-0.39, 0.29) is 16.7 Å². The molecule has 0 aliphatic carbocycles. The summed E-state index contributed by atoms with van der Waals surface area (Å²) < 4.78 is 24.7. The second kappa shape index (κ2) is 12.8. The summed E-state index contributed by atoms with van der Waals surface area (Å²) >= 11 is 0. The van der Waals surface area contributed by atoms with Crippen molar-refractivity contribution in [3.8, 4) is 0 Å². The first-order valence-corrected chi connectivity index (χ1v) is 13.7. The van der Waals surface area contributed by atoms with Gasteiger partial charge in [-0.2, -0.15) is 4.98 Å². The van der Waals surface area contributed by atoms with Gasteiger partial charge >= 0.3 is 23.6 Å². The summed E-state index contributed by atoms with van der Waals surface area (Å²) in [5, 5.41) is 3.82. The number of hydrogen-bond donors (Lipinski definition) is 0. The third-order valence-electron chi connectivity index (χ3n) is 7.17. The molecule has 0 unspecified atom stereocenters. The Labute approximate surface area is 256 Å². The summed E-state index contributed by atoms with van der Waals surface area (Å²) in [6, 6.07) is 25.3. The van der Waals surface area contributed by atoms with Crippen molar-refractivity contribution >= 4 is 17.9 Å². The Kier molecular flexibility index (Phi) is 8.75. The van der Waals surface area contributed by atoms with Gasteiger partial charge in [0, 0.05) is 16.8 Å². The number of ether oxygens (including phenoxy) is 4. The first-order valence-electron chi connectivity index (χ1n) is 13.7. The van der Waals surface area contributed by atoms with Gasteiger partial charge < -0.3 is 18.9 Å². The molecule has 0 spiro atoms. The van der Waals surface area contributed by atoms with Crippen LogP contribution in [0.5, 0.6) is 0 Å². The van der Waals surface area contributed by atoms with Crippen LogP contribution in [0.15, 0.2) is 113 Å². The van der Waals surface area contributed by atoms with Gasteiger partial charge in [-0.15, -0.1) is 0 Å². The lowest BCUT2D eigenvalue weighted by molar-refractivity contribution is -0.180. The molecule has 1 aromatic heterocycles. The van der Waals surface area contributed by atoms with E-state index in [2.05, 4.69) is 15.0 Å². The smallest absolute Gasteiger partial charge is 0.350 e. The van der Waals surface area contributed by atoms with Crippen molar-refractivity contribution in [1.82, 2.24) is 9.55 Å². The summed E-state index contributed by atoms with van der Waals surface area (Å²) in [6.45, 7) is 2.19. The van der Waals surface area contributed by atoms with Crippen molar-refractivity contribution in [3.05, 3.63) is 147 Å². The summed E-state index contributed by atoms with van der Waals surface area (Å²) in [6.07, 6.45) is -2.02. The molecule has 1 saturated heterocycles. The first-order chi connectivity index (χ1) is 21.7. The summed E-state index contributed by atoms with van der Waals surface area (Å²) in [5.41, 5.74) is 5.42. The number of carbonyl (C=O) groups is 3. The SMILES string of the molecule is Cc1ccn([C@]2(C)O[C@@](COC(=O)c3ccccc3)(N=[N+]=[N-])[C@@H](OC(=O)c3ccccc3)[C@H]2OC(=O)c2ccccc2)c(=O)n1. The van der Waals surface area contributed by atoms with Crippen molar-refractivity contribution in [2.45, 2.75) is 37.5 Å². The van der Waals surface area contributed by atoms with Gasteiger partial charge in [0.05, 0.1) is 16.7 Å². The van der Waals surface area contributed by atoms with Crippen LogP contribution in [0.4, 0.5) is 0 Å². The Morgan fingerprint density at radius 1 is 0.844 bits per heavy atom. The molecule has 0 amide bonds. The fraction of sp³-hybridized carbons (Fsp3) is 0.219. The van der Waals surface area contributed by atoms with E-state index in [1.807, 2.05) is 0 Å². The Balaban J connectivity index is 1.65. The van der Waals surface area contributed by atoms with Crippen LogP contribution in [0.2, 0.25) is 0 Å². The largest absolute Gasteiger partial charge is 0.459 e. The van der Waals surface area contributed by atoms with Gasteiger partial charge in [0.25, 0.3) is 0 Å². The Bertz CT molecular complexity index is 1810. The van der Waals surface area contributed by atoms with Crippen LogP contribution in [0.1, 0.15) is 43.7 Å². The maximum absolute atomic E-state index is 13.5. The Hall–Kier alpha value is -5.78. The van der Waals surface area contributed by atoms with E-state index in [0.717, 1.165) is 4.57 Å². The molecule has 3 aromatic carbocycles. The molecule has 2 heterocycles. The van der Waals surface area contributed by atoms with E-state index in [1.54, 1.807) is 61.5 Å². The van der Waals surface area contributed by atoms with Crippen LogP contribution >= 0.6 is 0 Å². The number of carbonyl (C=O) groups excluding carboxylic acids is 3. The van der Waals surface area contributed by atoms with Gasteiger partial charge in [0.2, 0.25) is 5.72 Å². The molecule has 4 atom stereocenters. The molecule has 0 bridgehead atoms. The van der Waals surface area contributed by atoms with Gasteiger partial charge in [0.1, 0.15) is 6.61 Å². The third kappa shape index (κ3) is 6.30. The molecule has 13 heteroatoms. The van der Waals surface area contributed by atoms with Crippen molar-refractivity contribution in [2.24, 2.45) is 5.11 Å². The highest BCUT2D eigenvalue weighted by Crippen LogP contribution is 2.46. The summed E-state index contributed by atoms with van der Waals surface area (Å²) in [5.74, 6) is -2.56. The van der Waals surface area contributed by atoms with Gasteiger partial charge in [-0.3, -0.25) is 4.57 Å². The zero-order valence-corrected chi connectivity index (χ0v) is 24.2. The number of esters is 3. The van der Waals surface area contributed by atoms with Crippen LogP contribution in [0, 0.1) is 6.92 Å². The standard InChI is InChI=1S/C32H27N5O8/c1-21-18-19-37(30(41)34-21)31(2)25(43-28(39)23-14-8-4-9-15-23)26(44-29(40)24-16-10-5-11-17-24)32(45-31,35-36-33)20-42-27(38)22-12-6-3-7-13-22/h3-19,25-26H,20H2,1-2H3/t25-,26+,31-,32-/m1/s1. The quantitative estimate of drug-likeness (QED) is 0.0866. The highest BCUT2D eigenvalue weighted by Gasteiger charge is 2.67. The van der Waals surface area contributed by atoms with Crippen molar-refractivity contribution in [1.29, 1.82) is 0 Å². The molecule has 45 heavy (non-hydrogen) atoms. The van der Waals surface area contributed by atoms with Crippen molar-refractivity contribution in [3.63, 3.8) is 0 Å². The number of hydrogen-bond acceptors (Lipinski definition) is 10. The lowest BCUT2D eigenvalue weighted by atomic mass is 9.99. The molecule has 5 rings (SSSR count). The maximum atomic E-state index is 13.5. The van der Waals surface area contributed by atoms with E-state index in [4.69, 9.17) is 18.9 Å². The first kappa shape index (κ1) is 30.7. The molecule has 1 aliphatic rings. The van der Waals surface area contributed by atoms with Crippen molar-refractivity contribution in [2.75, 3.05) is 6.61 Å². The normalized spacial score (nSPS) is 22.1. The molecule has 1 fully saturated rings. The number of benzene rings is 3. The molecule has 0 saturated carbocycles. The molecule has 228 valence electrons. The van der Waals surface area contributed by atoms with E-state index in [9.17, 15) is 24.7 Å². The minimum Gasteiger partial charge on any atom is -0.459 e. The van der Waals surface area contributed by atoms with Crippen molar-refractivity contribution < 1.29 is 33.3 Å². The molecule has 4 aromatic rings. The average Bonchev–Trinajstić information content (AvgIpc) is 3.27. The molecule has 13 nitrogen and oxygen atoms in total. The van der Waals surface area contributed by atoms with Gasteiger partial charge in [0.15, 0.2) is 17.9 Å². The van der Waals surface area contributed by atoms with E-state index in [1.165, 1.54) is 55.6 Å². The lowest BCUT2D eigenvalue weighted by Gasteiger charge is -2.32. The van der Waals surface area contributed by atoms with Crippen LogP contribution < -0.4 is 5.69 Å². The van der Waals surface area contributed by atoms with Crippen LogP contribution in [-0.4, -0.2) is 52.0 Å². The highest BCUT2D eigenvalue weighted by atomic mass is 16.7. The second-order valence-corrected chi connectivity index (χ2v) is 10.2. The van der Waals surface area contributed by atoms with Crippen LogP contribution in [0.3, 0.4) is 0 Å². The maximum Gasteiger partial charge on any atom is 0.350 e. The average molecular weight is 610 g/mol. The van der Waals surface area contributed by atoms with E-state index >= 15 is 0 Å². The van der Waals surface area contributed by atoms with Crippen LogP contribution in [-0.2, 0) is 24.7 Å². The van der Waals surface area contributed by atoms with Gasteiger partial charge in [-0.1, -0.05) is 59.7 Å². The van der Waals surface area contributed by atoms with E-state index < -0.39 is 53.9 Å². The minimum absolute atomic E-state index is 0.115. The predicted octanol–water partition coefficient (Wildman–Crippen LogP) is 4.57. The zero-order valence-electron chi connectivity index (χ0n) is 24.2. The third-order valence-corrected chi connectivity index (χ3v) is 7.17. The number of azide groups is 1. The van der Waals surface area contributed by atoms with Crippen LogP contribution in [0.25, 0.3) is 10.4 Å². The predicted molar refractivity (Wildman–Crippen MR) is 158 cm³/mol. The molecule has 1 aliphatic heterocycles. The monoisotopic (exact) mass is 609 g/mol. The number of aromatic nitrogens is 2. The molecule has 0 N–H and O–H groups in total. The lowest BCUT2D eigenvalue weighted by Crippen LogP contribution is -2.52. The number of nitrogens with zero attached hydrogens (tertiary/aromatic N) is 5. The Morgan fingerprint density at radius 2 is 1.33 bits per heavy atom. The van der Waals surface area contributed by atoms with Gasteiger partial charge in [-0.25, -0.2) is 19.2 Å².